The third kappa shape index (κ3) is 6.70. The molecular weight excluding hydrogens is 286 g/mol. The maximum atomic E-state index is 12.3. The lowest BCUT2D eigenvalue weighted by atomic mass is 9.80. The van der Waals surface area contributed by atoms with Crippen molar-refractivity contribution in [2.24, 2.45) is 5.92 Å². The van der Waals surface area contributed by atoms with Crippen LogP contribution in [-0.4, -0.2) is 29.7 Å². The van der Waals surface area contributed by atoms with Crippen LogP contribution in [0.3, 0.4) is 0 Å². The molecule has 4 heteroatoms. The number of hydrogen-bond acceptors (Lipinski definition) is 2. The maximum Gasteiger partial charge on any atom is 0.315 e. The van der Waals surface area contributed by atoms with Crippen LogP contribution in [0.4, 0.5) is 4.79 Å². The Morgan fingerprint density at radius 1 is 0.957 bits per heavy atom. The van der Waals surface area contributed by atoms with Crippen LogP contribution in [0.2, 0.25) is 0 Å². The standard InChI is InChI=1S/C19H37N3O/c1-18(2)12-16(13-19(3,4)22-18)21-17(23)20-14-15-10-8-6-5-7-9-11-15/h15-16,22H,5-14H2,1-4H3,(H2,20,21,23). The Balaban J connectivity index is 1.75. The average molecular weight is 324 g/mol. The smallest absolute Gasteiger partial charge is 0.315 e. The van der Waals surface area contributed by atoms with Gasteiger partial charge in [0.15, 0.2) is 0 Å². The summed E-state index contributed by atoms with van der Waals surface area (Å²) in [5.41, 5.74) is 0.137. The van der Waals surface area contributed by atoms with Crippen molar-refractivity contribution < 1.29 is 4.79 Å². The monoisotopic (exact) mass is 323 g/mol. The van der Waals surface area contributed by atoms with Crippen LogP contribution < -0.4 is 16.0 Å². The summed E-state index contributed by atoms with van der Waals surface area (Å²) in [6, 6.07) is 0.268. The summed E-state index contributed by atoms with van der Waals surface area (Å²) < 4.78 is 0. The topological polar surface area (TPSA) is 53.2 Å². The number of rotatable bonds is 3. The van der Waals surface area contributed by atoms with Gasteiger partial charge in [0.25, 0.3) is 0 Å². The number of carbonyl (C=O) groups is 1. The third-order valence-corrected chi connectivity index (χ3v) is 5.30. The van der Waals surface area contributed by atoms with Crippen LogP contribution in [0.15, 0.2) is 0 Å². The van der Waals surface area contributed by atoms with E-state index < -0.39 is 0 Å². The first-order valence-electron chi connectivity index (χ1n) is 9.59. The van der Waals surface area contributed by atoms with E-state index in [1.54, 1.807) is 0 Å². The number of amides is 2. The van der Waals surface area contributed by atoms with E-state index in [9.17, 15) is 4.79 Å². The van der Waals surface area contributed by atoms with Gasteiger partial charge >= 0.3 is 6.03 Å². The normalized spacial score (nSPS) is 26.1. The minimum Gasteiger partial charge on any atom is -0.338 e. The summed E-state index contributed by atoms with van der Waals surface area (Å²) in [5.74, 6) is 0.668. The van der Waals surface area contributed by atoms with Crippen molar-refractivity contribution >= 4 is 6.03 Å². The van der Waals surface area contributed by atoms with Gasteiger partial charge in [0, 0.05) is 23.7 Å². The van der Waals surface area contributed by atoms with E-state index in [0.29, 0.717) is 5.92 Å². The highest BCUT2D eigenvalue weighted by atomic mass is 16.2. The first-order valence-corrected chi connectivity index (χ1v) is 9.59. The second-order valence-electron chi connectivity index (χ2n) is 9.06. The van der Waals surface area contributed by atoms with Crippen LogP contribution in [0.1, 0.15) is 85.5 Å². The van der Waals surface area contributed by atoms with Gasteiger partial charge in [-0.3, -0.25) is 0 Å². The van der Waals surface area contributed by atoms with E-state index in [2.05, 4.69) is 43.6 Å². The highest BCUT2D eigenvalue weighted by Crippen LogP contribution is 2.28. The van der Waals surface area contributed by atoms with E-state index in [1.165, 1.54) is 44.9 Å². The number of hydrogen-bond donors (Lipinski definition) is 3. The molecule has 2 fully saturated rings. The van der Waals surface area contributed by atoms with E-state index in [1.807, 2.05) is 0 Å². The summed E-state index contributed by atoms with van der Waals surface area (Å²) >= 11 is 0. The lowest BCUT2D eigenvalue weighted by molar-refractivity contribution is 0.147. The van der Waals surface area contributed by atoms with Crippen molar-refractivity contribution in [2.75, 3.05) is 6.54 Å². The summed E-state index contributed by atoms with van der Waals surface area (Å²) in [5, 5.41) is 10.00. The Labute approximate surface area is 142 Å². The fourth-order valence-corrected chi connectivity index (χ4v) is 4.64. The first-order chi connectivity index (χ1) is 10.8. The number of nitrogens with one attached hydrogen (secondary N) is 3. The van der Waals surface area contributed by atoms with Gasteiger partial charge in [-0.05, 0) is 59.3 Å². The van der Waals surface area contributed by atoms with Crippen LogP contribution in [0, 0.1) is 5.92 Å². The molecule has 0 bridgehead atoms. The molecule has 4 nitrogen and oxygen atoms in total. The first kappa shape index (κ1) is 18.6. The molecule has 0 atom stereocenters. The maximum absolute atomic E-state index is 12.3. The van der Waals surface area contributed by atoms with Crippen molar-refractivity contribution in [3.8, 4) is 0 Å². The Bertz CT molecular complexity index is 368. The summed E-state index contributed by atoms with van der Waals surface area (Å²) in [7, 11) is 0. The molecule has 3 N–H and O–H groups in total. The largest absolute Gasteiger partial charge is 0.338 e. The number of urea groups is 1. The second-order valence-corrected chi connectivity index (χ2v) is 9.06. The minimum atomic E-state index is 0.0190. The molecule has 1 saturated heterocycles. The van der Waals surface area contributed by atoms with E-state index in [0.717, 1.165) is 19.4 Å². The average Bonchev–Trinajstić information content (AvgIpc) is 2.33. The van der Waals surface area contributed by atoms with Crippen molar-refractivity contribution in [3.05, 3.63) is 0 Å². The molecule has 0 spiro atoms. The zero-order chi connectivity index (χ0) is 16.9. The van der Waals surface area contributed by atoms with Crippen molar-refractivity contribution in [3.63, 3.8) is 0 Å². The van der Waals surface area contributed by atoms with Gasteiger partial charge < -0.3 is 16.0 Å². The Morgan fingerprint density at radius 2 is 1.48 bits per heavy atom. The van der Waals surface area contributed by atoms with Crippen molar-refractivity contribution in [1.29, 1.82) is 0 Å². The fourth-order valence-electron chi connectivity index (χ4n) is 4.64. The SMILES string of the molecule is CC1(C)CC(NC(=O)NCC2CCCCCCC2)CC(C)(C)N1. The molecule has 2 amide bonds. The predicted molar refractivity (Wildman–Crippen MR) is 96.7 cm³/mol. The van der Waals surface area contributed by atoms with Gasteiger partial charge in [-0.25, -0.2) is 4.79 Å². The molecule has 23 heavy (non-hydrogen) atoms. The molecule has 2 aliphatic rings. The second kappa shape index (κ2) is 7.87. The fraction of sp³-hybridized carbons (Fsp3) is 0.947. The lowest BCUT2D eigenvalue weighted by Crippen LogP contribution is -2.62. The van der Waals surface area contributed by atoms with E-state index in [-0.39, 0.29) is 23.2 Å². The van der Waals surface area contributed by atoms with Crippen LogP contribution in [0.5, 0.6) is 0 Å². The van der Waals surface area contributed by atoms with Gasteiger partial charge in [0.05, 0.1) is 0 Å². The molecule has 0 aromatic carbocycles. The molecule has 2 rings (SSSR count). The minimum absolute atomic E-state index is 0.0190. The Morgan fingerprint density at radius 3 is 2.04 bits per heavy atom. The van der Waals surface area contributed by atoms with Gasteiger partial charge in [-0.2, -0.15) is 0 Å². The van der Waals surface area contributed by atoms with Gasteiger partial charge in [0.2, 0.25) is 0 Å². The summed E-state index contributed by atoms with van der Waals surface area (Å²) in [6.07, 6.45) is 11.3. The molecule has 1 aliphatic heterocycles. The zero-order valence-corrected chi connectivity index (χ0v) is 15.6. The van der Waals surface area contributed by atoms with Gasteiger partial charge in [-0.1, -0.05) is 32.1 Å². The summed E-state index contributed by atoms with van der Waals surface area (Å²) in [4.78, 5) is 12.3. The van der Waals surface area contributed by atoms with Crippen molar-refractivity contribution in [1.82, 2.24) is 16.0 Å². The van der Waals surface area contributed by atoms with Crippen molar-refractivity contribution in [2.45, 2.75) is 103 Å². The summed E-state index contributed by atoms with van der Waals surface area (Å²) in [6.45, 7) is 9.71. The molecule has 1 saturated carbocycles. The number of piperidine rings is 1. The van der Waals surface area contributed by atoms with Gasteiger partial charge in [0.1, 0.15) is 0 Å². The molecular formula is C19H37N3O. The zero-order valence-electron chi connectivity index (χ0n) is 15.6. The number of carbonyl (C=O) groups excluding carboxylic acids is 1. The van der Waals surface area contributed by atoms with Crippen LogP contribution in [0.25, 0.3) is 0 Å². The van der Waals surface area contributed by atoms with Gasteiger partial charge in [-0.15, -0.1) is 0 Å². The molecule has 1 aliphatic carbocycles. The van der Waals surface area contributed by atoms with E-state index in [4.69, 9.17) is 0 Å². The molecule has 0 aromatic rings. The Kier molecular flexibility index (Phi) is 6.35. The third-order valence-electron chi connectivity index (χ3n) is 5.30. The molecule has 134 valence electrons. The van der Waals surface area contributed by atoms with E-state index >= 15 is 0 Å². The highest BCUT2D eigenvalue weighted by molar-refractivity contribution is 5.74. The molecule has 1 heterocycles. The molecule has 0 aromatic heterocycles. The van der Waals surface area contributed by atoms with Crippen LogP contribution >= 0.6 is 0 Å². The highest BCUT2D eigenvalue weighted by Gasteiger charge is 2.38. The lowest BCUT2D eigenvalue weighted by Gasteiger charge is -2.46. The predicted octanol–water partition coefficient (Wildman–Crippen LogP) is 3.96. The Hall–Kier alpha value is -0.770. The molecule has 0 radical (unpaired) electrons. The van der Waals surface area contributed by atoms with Crippen LogP contribution in [-0.2, 0) is 0 Å². The quantitative estimate of drug-likeness (QED) is 0.736. The molecule has 0 unspecified atom stereocenters.